The summed E-state index contributed by atoms with van der Waals surface area (Å²) < 4.78 is 0. The molecular formula is C20H31N3O3. The molecule has 0 bridgehead atoms. The minimum absolute atomic E-state index is 0.0328. The van der Waals surface area contributed by atoms with Gasteiger partial charge in [0.05, 0.1) is 6.10 Å². The van der Waals surface area contributed by atoms with Crippen LogP contribution in [0.4, 0.5) is 10.5 Å². The third-order valence-corrected chi connectivity index (χ3v) is 4.70. The Hall–Kier alpha value is -2.08. The van der Waals surface area contributed by atoms with E-state index in [0.29, 0.717) is 11.3 Å². The van der Waals surface area contributed by atoms with Crippen molar-refractivity contribution in [2.75, 3.05) is 18.4 Å². The number of hydrogen-bond donors (Lipinski definition) is 3. The van der Waals surface area contributed by atoms with Gasteiger partial charge in [-0.1, -0.05) is 13.8 Å². The van der Waals surface area contributed by atoms with Gasteiger partial charge in [-0.25, -0.2) is 4.79 Å². The number of hydrogen-bond acceptors (Lipinski definition) is 3. The summed E-state index contributed by atoms with van der Waals surface area (Å²) >= 11 is 0. The molecule has 0 aliphatic heterocycles. The van der Waals surface area contributed by atoms with Crippen LogP contribution in [0.5, 0.6) is 0 Å². The predicted octanol–water partition coefficient (Wildman–Crippen LogP) is 3.37. The summed E-state index contributed by atoms with van der Waals surface area (Å²) in [5.41, 5.74) is 1.30. The number of urea groups is 1. The lowest BCUT2D eigenvalue weighted by molar-refractivity contribution is 0.0755. The van der Waals surface area contributed by atoms with Gasteiger partial charge >= 0.3 is 6.03 Å². The van der Waals surface area contributed by atoms with Gasteiger partial charge in [-0.3, -0.25) is 4.79 Å². The molecule has 1 aromatic rings. The van der Waals surface area contributed by atoms with Gasteiger partial charge in [-0.2, -0.15) is 0 Å². The number of benzene rings is 1. The fourth-order valence-electron chi connectivity index (χ4n) is 3.31. The number of nitrogens with zero attached hydrogens (tertiary/aromatic N) is 1. The Balaban J connectivity index is 1.88. The summed E-state index contributed by atoms with van der Waals surface area (Å²) in [5, 5.41) is 15.3. The summed E-state index contributed by atoms with van der Waals surface area (Å²) in [5.74, 6) is 0.0328. The summed E-state index contributed by atoms with van der Waals surface area (Å²) in [6.07, 6.45) is 4.69. The van der Waals surface area contributed by atoms with Crippen LogP contribution in [0.15, 0.2) is 24.3 Å². The summed E-state index contributed by atoms with van der Waals surface area (Å²) in [6, 6.07) is 6.89. The number of carbonyl (C=O) groups is 2. The highest BCUT2D eigenvalue weighted by molar-refractivity contribution is 5.95. The van der Waals surface area contributed by atoms with Gasteiger partial charge < -0.3 is 20.6 Å². The lowest BCUT2D eigenvalue weighted by Crippen LogP contribution is -2.40. The maximum Gasteiger partial charge on any atom is 0.319 e. The minimum Gasteiger partial charge on any atom is -0.393 e. The molecule has 1 saturated carbocycles. The number of amides is 3. The summed E-state index contributed by atoms with van der Waals surface area (Å²) in [6.45, 7) is 5.64. The topological polar surface area (TPSA) is 81.7 Å². The van der Waals surface area contributed by atoms with Crippen LogP contribution in [-0.4, -0.2) is 47.2 Å². The van der Waals surface area contributed by atoms with Crippen molar-refractivity contribution in [2.45, 2.75) is 64.5 Å². The molecule has 3 N–H and O–H groups in total. The molecular weight excluding hydrogens is 330 g/mol. The van der Waals surface area contributed by atoms with E-state index >= 15 is 0 Å². The number of carbonyl (C=O) groups excluding carboxylic acids is 2. The average Bonchev–Trinajstić information content (AvgIpc) is 2.63. The molecule has 0 radical (unpaired) electrons. The molecule has 0 spiro atoms. The van der Waals surface area contributed by atoms with Crippen molar-refractivity contribution < 1.29 is 14.7 Å². The number of aliphatic hydroxyl groups is 1. The standard InChI is InChI=1S/C20H31N3O3/c1-3-13-23(14-4-2)19(25)15-5-7-16(8-6-15)21-20(26)22-17-9-11-18(24)12-10-17/h5-8,17-18,24H,3-4,9-14H2,1-2H3,(H2,21,22,26). The fraction of sp³-hybridized carbons (Fsp3) is 0.600. The highest BCUT2D eigenvalue weighted by Crippen LogP contribution is 2.18. The molecule has 1 aliphatic carbocycles. The van der Waals surface area contributed by atoms with E-state index in [1.165, 1.54) is 0 Å². The molecule has 1 fully saturated rings. The molecule has 6 nitrogen and oxygen atoms in total. The molecule has 26 heavy (non-hydrogen) atoms. The number of nitrogens with one attached hydrogen (secondary N) is 2. The number of rotatable bonds is 7. The van der Waals surface area contributed by atoms with Crippen molar-refractivity contribution >= 4 is 17.6 Å². The second kappa shape index (κ2) is 10.2. The van der Waals surface area contributed by atoms with Gasteiger partial charge in [-0.15, -0.1) is 0 Å². The van der Waals surface area contributed by atoms with Crippen LogP contribution in [0.25, 0.3) is 0 Å². The van der Waals surface area contributed by atoms with Crippen molar-refractivity contribution in [3.63, 3.8) is 0 Å². The SMILES string of the molecule is CCCN(CCC)C(=O)c1ccc(NC(=O)NC2CCC(O)CC2)cc1. The molecule has 144 valence electrons. The Morgan fingerprint density at radius 1 is 1.04 bits per heavy atom. The molecule has 1 aliphatic rings. The largest absolute Gasteiger partial charge is 0.393 e. The molecule has 0 saturated heterocycles. The van der Waals surface area contributed by atoms with Crippen LogP contribution in [0.2, 0.25) is 0 Å². The van der Waals surface area contributed by atoms with Crippen LogP contribution in [0.1, 0.15) is 62.7 Å². The van der Waals surface area contributed by atoms with E-state index in [2.05, 4.69) is 24.5 Å². The van der Waals surface area contributed by atoms with E-state index in [0.717, 1.165) is 51.6 Å². The van der Waals surface area contributed by atoms with Crippen molar-refractivity contribution in [3.05, 3.63) is 29.8 Å². The highest BCUT2D eigenvalue weighted by Gasteiger charge is 2.21. The van der Waals surface area contributed by atoms with Crippen molar-refractivity contribution in [1.82, 2.24) is 10.2 Å². The van der Waals surface area contributed by atoms with E-state index in [1.807, 2.05) is 4.90 Å². The van der Waals surface area contributed by atoms with E-state index < -0.39 is 0 Å². The molecule has 0 unspecified atom stereocenters. The van der Waals surface area contributed by atoms with Gasteiger partial charge in [0.25, 0.3) is 5.91 Å². The maximum atomic E-state index is 12.6. The Morgan fingerprint density at radius 2 is 1.62 bits per heavy atom. The van der Waals surface area contributed by atoms with E-state index in [9.17, 15) is 14.7 Å². The zero-order chi connectivity index (χ0) is 18.9. The highest BCUT2D eigenvalue weighted by atomic mass is 16.3. The molecule has 6 heteroatoms. The Kier molecular flexibility index (Phi) is 7.91. The molecule has 3 amide bonds. The Morgan fingerprint density at radius 3 is 2.15 bits per heavy atom. The van der Waals surface area contributed by atoms with Crippen LogP contribution in [0.3, 0.4) is 0 Å². The van der Waals surface area contributed by atoms with Gasteiger partial charge in [0.1, 0.15) is 0 Å². The van der Waals surface area contributed by atoms with E-state index in [1.54, 1.807) is 24.3 Å². The van der Waals surface area contributed by atoms with E-state index in [4.69, 9.17) is 0 Å². The van der Waals surface area contributed by atoms with Crippen LogP contribution >= 0.6 is 0 Å². The zero-order valence-electron chi connectivity index (χ0n) is 15.8. The minimum atomic E-state index is -0.246. The second-order valence-electron chi connectivity index (χ2n) is 6.97. The molecule has 0 atom stereocenters. The Labute approximate surface area is 156 Å². The van der Waals surface area contributed by atoms with Gasteiger partial charge in [0.2, 0.25) is 0 Å². The smallest absolute Gasteiger partial charge is 0.319 e. The van der Waals surface area contributed by atoms with Crippen molar-refractivity contribution in [2.24, 2.45) is 0 Å². The quantitative estimate of drug-likeness (QED) is 0.696. The summed E-state index contributed by atoms with van der Waals surface area (Å²) in [7, 11) is 0. The first-order chi connectivity index (χ1) is 12.5. The average molecular weight is 361 g/mol. The zero-order valence-corrected chi connectivity index (χ0v) is 15.8. The van der Waals surface area contributed by atoms with E-state index in [-0.39, 0.29) is 24.1 Å². The Bertz CT molecular complexity index is 574. The first kappa shape index (κ1) is 20.2. The van der Waals surface area contributed by atoms with Crippen molar-refractivity contribution in [1.29, 1.82) is 0 Å². The van der Waals surface area contributed by atoms with Gasteiger partial charge in [-0.05, 0) is 62.8 Å². The molecule has 1 aromatic carbocycles. The number of aliphatic hydroxyl groups excluding tert-OH is 1. The normalized spacial score (nSPS) is 19.7. The number of anilines is 1. The van der Waals surface area contributed by atoms with Crippen LogP contribution in [0, 0.1) is 0 Å². The lowest BCUT2D eigenvalue weighted by Gasteiger charge is -2.26. The predicted molar refractivity (Wildman–Crippen MR) is 103 cm³/mol. The van der Waals surface area contributed by atoms with Gasteiger partial charge in [0, 0.05) is 30.4 Å². The monoisotopic (exact) mass is 361 g/mol. The lowest BCUT2D eigenvalue weighted by atomic mass is 9.93. The third-order valence-electron chi connectivity index (χ3n) is 4.70. The second-order valence-corrected chi connectivity index (χ2v) is 6.97. The third kappa shape index (κ3) is 6.02. The van der Waals surface area contributed by atoms with Crippen LogP contribution in [-0.2, 0) is 0 Å². The molecule has 2 rings (SSSR count). The fourth-order valence-corrected chi connectivity index (χ4v) is 3.31. The van der Waals surface area contributed by atoms with Crippen molar-refractivity contribution in [3.8, 4) is 0 Å². The first-order valence-electron chi connectivity index (χ1n) is 9.68. The van der Waals surface area contributed by atoms with Crippen LogP contribution < -0.4 is 10.6 Å². The first-order valence-corrected chi connectivity index (χ1v) is 9.68. The summed E-state index contributed by atoms with van der Waals surface area (Å²) in [4.78, 5) is 26.5. The van der Waals surface area contributed by atoms with Gasteiger partial charge in [0.15, 0.2) is 0 Å². The molecule has 0 heterocycles. The maximum absolute atomic E-state index is 12.6. The molecule has 0 aromatic heterocycles.